The SMILES string of the molecule is O=C(N/N=C\[C@H]1C[C@H]2CC[C@H]1C2)[C@H]1C[C@H]2CC[C@H]1C2. The number of rotatable bonds is 3. The molecule has 4 aliphatic rings. The zero-order valence-corrected chi connectivity index (χ0v) is 11.6. The molecule has 1 amide bonds. The summed E-state index contributed by atoms with van der Waals surface area (Å²) in [6, 6.07) is 0. The maximum Gasteiger partial charge on any atom is 0.243 e. The summed E-state index contributed by atoms with van der Waals surface area (Å²) in [4.78, 5) is 12.1. The van der Waals surface area contributed by atoms with Crippen LogP contribution in [0.3, 0.4) is 0 Å². The van der Waals surface area contributed by atoms with Crippen molar-refractivity contribution in [3.63, 3.8) is 0 Å². The first-order chi connectivity index (χ1) is 9.29. The van der Waals surface area contributed by atoms with Gasteiger partial charge in [0.15, 0.2) is 0 Å². The molecular formula is C16H24N2O. The highest BCUT2D eigenvalue weighted by Crippen LogP contribution is 2.48. The third-order valence-electron chi connectivity index (χ3n) is 6.31. The van der Waals surface area contributed by atoms with Gasteiger partial charge in [-0.15, -0.1) is 0 Å². The second-order valence-electron chi connectivity index (χ2n) is 7.37. The fourth-order valence-corrected chi connectivity index (χ4v) is 5.32. The molecule has 0 radical (unpaired) electrons. The molecular weight excluding hydrogens is 236 g/mol. The van der Waals surface area contributed by atoms with Gasteiger partial charge in [0, 0.05) is 12.1 Å². The number of fused-ring (bicyclic) bond motifs is 4. The summed E-state index contributed by atoms with van der Waals surface area (Å²) < 4.78 is 0. The lowest BCUT2D eigenvalue weighted by atomic mass is 9.88. The molecule has 6 atom stereocenters. The number of carbonyl (C=O) groups excluding carboxylic acids is 1. The molecule has 104 valence electrons. The molecule has 4 bridgehead atoms. The van der Waals surface area contributed by atoms with Crippen molar-refractivity contribution in [1.82, 2.24) is 5.43 Å². The number of hydrogen-bond acceptors (Lipinski definition) is 2. The van der Waals surface area contributed by atoms with Crippen LogP contribution in [0.2, 0.25) is 0 Å². The minimum atomic E-state index is 0.187. The maximum absolute atomic E-state index is 12.1. The number of amides is 1. The molecule has 0 unspecified atom stereocenters. The van der Waals surface area contributed by atoms with Gasteiger partial charge in [-0.1, -0.05) is 12.8 Å². The summed E-state index contributed by atoms with van der Waals surface area (Å²) in [6.45, 7) is 0. The molecule has 0 aliphatic heterocycles. The summed E-state index contributed by atoms with van der Waals surface area (Å²) in [5, 5.41) is 4.28. The van der Waals surface area contributed by atoms with E-state index in [4.69, 9.17) is 0 Å². The van der Waals surface area contributed by atoms with Crippen LogP contribution in [0.25, 0.3) is 0 Å². The first kappa shape index (κ1) is 11.9. The van der Waals surface area contributed by atoms with Crippen LogP contribution < -0.4 is 5.43 Å². The van der Waals surface area contributed by atoms with Gasteiger partial charge in [-0.05, 0) is 68.1 Å². The van der Waals surface area contributed by atoms with Crippen LogP contribution in [0, 0.1) is 35.5 Å². The third kappa shape index (κ3) is 2.11. The van der Waals surface area contributed by atoms with Crippen LogP contribution in [-0.2, 0) is 4.79 Å². The van der Waals surface area contributed by atoms with Crippen LogP contribution in [0.4, 0.5) is 0 Å². The van der Waals surface area contributed by atoms with E-state index in [0.717, 1.165) is 24.2 Å². The van der Waals surface area contributed by atoms with E-state index in [1.54, 1.807) is 0 Å². The van der Waals surface area contributed by atoms with Gasteiger partial charge in [-0.2, -0.15) is 5.10 Å². The summed E-state index contributed by atoms with van der Waals surface area (Å²) in [6.07, 6.45) is 12.5. The molecule has 3 nitrogen and oxygen atoms in total. The lowest BCUT2D eigenvalue weighted by Gasteiger charge is -2.20. The van der Waals surface area contributed by atoms with Crippen LogP contribution in [0.1, 0.15) is 51.4 Å². The van der Waals surface area contributed by atoms with E-state index in [1.165, 1.54) is 44.9 Å². The van der Waals surface area contributed by atoms with Crippen LogP contribution >= 0.6 is 0 Å². The Hall–Kier alpha value is -0.860. The highest BCUT2D eigenvalue weighted by Gasteiger charge is 2.43. The average Bonchev–Trinajstić information content (AvgIpc) is 3.18. The van der Waals surface area contributed by atoms with Crippen LogP contribution in [-0.4, -0.2) is 12.1 Å². The van der Waals surface area contributed by atoms with Crippen LogP contribution in [0.5, 0.6) is 0 Å². The van der Waals surface area contributed by atoms with Crippen molar-refractivity contribution in [2.75, 3.05) is 0 Å². The van der Waals surface area contributed by atoms with E-state index >= 15 is 0 Å². The number of hydrogen-bond donors (Lipinski definition) is 1. The van der Waals surface area contributed by atoms with E-state index < -0.39 is 0 Å². The van der Waals surface area contributed by atoms with Gasteiger partial charge in [0.05, 0.1) is 0 Å². The van der Waals surface area contributed by atoms with E-state index in [0.29, 0.717) is 11.8 Å². The molecule has 1 N–H and O–H groups in total. The Labute approximate surface area is 115 Å². The zero-order valence-electron chi connectivity index (χ0n) is 11.6. The Morgan fingerprint density at radius 3 is 2.26 bits per heavy atom. The molecule has 0 aromatic carbocycles. The zero-order chi connectivity index (χ0) is 12.8. The van der Waals surface area contributed by atoms with Crippen molar-refractivity contribution in [2.24, 2.45) is 40.6 Å². The summed E-state index contributed by atoms with van der Waals surface area (Å²) >= 11 is 0. The summed E-state index contributed by atoms with van der Waals surface area (Å²) in [5.74, 6) is 4.37. The molecule has 0 spiro atoms. The Balaban J connectivity index is 1.29. The number of nitrogens with one attached hydrogen (secondary N) is 1. The van der Waals surface area contributed by atoms with E-state index in [2.05, 4.69) is 10.5 Å². The van der Waals surface area contributed by atoms with Crippen molar-refractivity contribution in [3.8, 4) is 0 Å². The van der Waals surface area contributed by atoms with Crippen LogP contribution in [0.15, 0.2) is 5.10 Å². The molecule has 4 rings (SSSR count). The van der Waals surface area contributed by atoms with Gasteiger partial charge in [0.25, 0.3) is 0 Å². The Morgan fingerprint density at radius 1 is 0.947 bits per heavy atom. The van der Waals surface area contributed by atoms with Gasteiger partial charge in [-0.3, -0.25) is 4.79 Å². The predicted octanol–water partition coefficient (Wildman–Crippen LogP) is 2.96. The topological polar surface area (TPSA) is 41.5 Å². The maximum atomic E-state index is 12.1. The number of carbonyl (C=O) groups is 1. The van der Waals surface area contributed by atoms with Crippen molar-refractivity contribution in [2.45, 2.75) is 51.4 Å². The molecule has 4 fully saturated rings. The Bertz CT molecular complexity index is 406. The largest absolute Gasteiger partial charge is 0.273 e. The highest BCUT2D eigenvalue weighted by molar-refractivity contribution is 5.80. The van der Waals surface area contributed by atoms with Gasteiger partial charge in [-0.25, -0.2) is 5.43 Å². The molecule has 4 aliphatic carbocycles. The molecule has 0 aromatic rings. The molecule has 0 heterocycles. The molecule has 0 aromatic heterocycles. The summed E-state index contributed by atoms with van der Waals surface area (Å²) in [5.41, 5.74) is 2.83. The minimum Gasteiger partial charge on any atom is -0.273 e. The van der Waals surface area contributed by atoms with Crippen molar-refractivity contribution >= 4 is 12.1 Å². The quantitative estimate of drug-likeness (QED) is 0.615. The molecule has 19 heavy (non-hydrogen) atoms. The van der Waals surface area contributed by atoms with Gasteiger partial charge < -0.3 is 0 Å². The first-order valence-electron chi connectivity index (χ1n) is 8.12. The Morgan fingerprint density at radius 2 is 1.68 bits per heavy atom. The van der Waals surface area contributed by atoms with Gasteiger partial charge >= 0.3 is 0 Å². The predicted molar refractivity (Wildman–Crippen MR) is 74.5 cm³/mol. The lowest BCUT2D eigenvalue weighted by molar-refractivity contribution is -0.126. The fraction of sp³-hybridized carbons (Fsp3) is 0.875. The first-order valence-corrected chi connectivity index (χ1v) is 8.12. The van der Waals surface area contributed by atoms with Crippen molar-refractivity contribution < 1.29 is 4.79 Å². The second kappa shape index (κ2) is 4.60. The number of hydrazone groups is 1. The smallest absolute Gasteiger partial charge is 0.243 e. The van der Waals surface area contributed by atoms with Gasteiger partial charge in [0.1, 0.15) is 0 Å². The third-order valence-corrected chi connectivity index (χ3v) is 6.31. The van der Waals surface area contributed by atoms with E-state index in [-0.39, 0.29) is 11.8 Å². The highest BCUT2D eigenvalue weighted by atomic mass is 16.2. The van der Waals surface area contributed by atoms with Crippen molar-refractivity contribution in [3.05, 3.63) is 0 Å². The summed E-state index contributed by atoms with van der Waals surface area (Å²) in [7, 11) is 0. The lowest BCUT2D eigenvalue weighted by Crippen LogP contribution is -2.31. The standard InChI is InChI=1S/C16H24N2O/c19-16(15-8-11-2-4-13(15)6-11)18-17-9-14-7-10-1-3-12(14)5-10/h9-15H,1-8H2,(H,18,19)/b17-9-/t10-,11-,12-,13-,14+,15-/m0/s1. The van der Waals surface area contributed by atoms with E-state index in [9.17, 15) is 4.79 Å². The fourth-order valence-electron chi connectivity index (χ4n) is 5.32. The monoisotopic (exact) mass is 260 g/mol. The Kier molecular flexibility index (Phi) is 2.89. The second-order valence-corrected chi connectivity index (χ2v) is 7.37. The number of nitrogens with zero attached hydrogens (tertiary/aromatic N) is 1. The average molecular weight is 260 g/mol. The van der Waals surface area contributed by atoms with Gasteiger partial charge in [0.2, 0.25) is 5.91 Å². The molecule has 0 saturated heterocycles. The van der Waals surface area contributed by atoms with Crippen molar-refractivity contribution in [1.29, 1.82) is 0 Å². The molecule has 3 heteroatoms. The van der Waals surface area contributed by atoms with E-state index in [1.807, 2.05) is 6.21 Å². The molecule has 4 saturated carbocycles. The minimum absolute atomic E-state index is 0.187. The normalized spacial score (nSPS) is 47.4.